The summed E-state index contributed by atoms with van der Waals surface area (Å²) in [5, 5.41) is 1.66. The van der Waals surface area contributed by atoms with Gasteiger partial charge in [0, 0.05) is 0 Å². The average molecular weight is 608 g/mol. The van der Waals surface area contributed by atoms with Gasteiger partial charge in [-0.15, -0.1) is 0 Å². The van der Waals surface area contributed by atoms with Gasteiger partial charge in [0.2, 0.25) is 0 Å². The number of hydrogen-bond acceptors (Lipinski definition) is 2. The van der Waals surface area contributed by atoms with Crippen molar-refractivity contribution in [3.63, 3.8) is 0 Å². The molecule has 180 valence electrons. The fourth-order valence-electron chi connectivity index (χ4n) is 3.87. The van der Waals surface area contributed by atoms with Gasteiger partial charge in [0.15, 0.2) is 0 Å². The van der Waals surface area contributed by atoms with Crippen molar-refractivity contribution in [1.82, 2.24) is 7.12 Å². The molecule has 0 aliphatic heterocycles. The summed E-state index contributed by atoms with van der Waals surface area (Å²) in [6.45, 7) is 4.72. The summed E-state index contributed by atoms with van der Waals surface area (Å²) in [4.78, 5) is 24.5. The van der Waals surface area contributed by atoms with Gasteiger partial charge in [-0.25, -0.2) is 0 Å². The number of aromatic nitrogens is 2. The molecule has 6 rings (SSSR count). The third kappa shape index (κ3) is 5.02. The first-order chi connectivity index (χ1) is 17.4. The molecule has 0 aliphatic rings. The van der Waals surface area contributed by atoms with Crippen LogP contribution in [0, 0.1) is 19.7 Å². The molecule has 0 amide bonds. The maximum atomic E-state index is 12.8. The second-order valence-corrected chi connectivity index (χ2v) is 12.8. The topological polar surface area (TPSA) is 44.0 Å². The quantitative estimate of drug-likeness (QED) is 0.268. The van der Waals surface area contributed by atoms with Crippen LogP contribution >= 0.6 is 0 Å². The van der Waals surface area contributed by atoms with Gasteiger partial charge in [-0.1, -0.05) is 0 Å². The molecule has 0 bridgehead atoms. The molecule has 0 atom stereocenters. The third-order valence-corrected chi connectivity index (χ3v) is 10.6. The molecule has 36 heavy (non-hydrogen) atoms. The van der Waals surface area contributed by atoms with E-state index in [4.69, 9.17) is 0 Å². The molecule has 4 aromatic carbocycles. The second kappa shape index (κ2) is 10.4. The first-order valence-corrected chi connectivity index (χ1v) is 14.7. The van der Waals surface area contributed by atoms with E-state index < -0.39 is 0 Å². The predicted molar refractivity (Wildman–Crippen MR) is 147 cm³/mol. The van der Waals surface area contributed by atoms with E-state index in [-0.39, 0.29) is 46.4 Å². The van der Waals surface area contributed by atoms with Gasteiger partial charge in [0.25, 0.3) is 0 Å². The number of hydrogen-bond donors (Lipinski definition) is 0. The molecule has 4 nitrogen and oxygen atoms in total. The zero-order chi connectivity index (χ0) is 25.2. The molecule has 0 unspecified atom stereocenters. The summed E-state index contributed by atoms with van der Waals surface area (Å²) in [6, 6.07) is 28.1. The van der Waals surface area contributed by atoms with Gasteiger partial charge < -0.3 is 0 Å². The zero-order valence-electron chi connectivity index (χ0n) is 19.8. The molecule has 0 spiro atoms. The molecule has 7 heteroatoms. The van der Waals surface area contributed by atoms with Crippen LogP contribution in [0.4, 0.5) is 4.39 Å². The molecule has 0 saturated heterocycles. The predicted octanol–water partition coefficient (Wildman–Crippen LogP) is 4.91. The third-order valence-electron chi connectivity index (χ3n) is 6.01. The Balaban J connectivity index is 0.000000148. The first-order valence-electron chi connectivity index (χ1n) is 11.4. The number of benzene rings is 4. The van der Waals surface area contributed by atoms with Gasteiger partial charge in [0.1, 0.15) is 0 Å². The first kappa shape index (κ1) is 24.5. The Labute approximate surface area is 219 Å². The number of fused-ring (bicyclic) bond motifs is 2. The maximum absolute atomic E-state index is 12.8. The van der Waals surface area contributed by atoms with E-state index >= 15 is 0 Å². The molecule has 0 fully saturated rings. The van der Waals surface area contributed by atoms with Gasteiger partial charge in [-0.05, 0) is 0 Å². The molecule has 0 saturated carbocycles. The Hall–Kier alpha value is -3.21. The van der Waals surface area contributed by atoms with E-state index in [9.17, 15) is 14.0 Å². The van der Waals surface area contributed by atoms with Crippen molar-refractivity contribution in [2.75, 3.05) is 0 Å². The van der Waals surface area contributed by atoms with Crippen LogP contribution in [-0.2, 0) is 6.54 Å². The van der Waals surface area contributed by atoms with Crippen LogP contribution in [0.1, 0.15) is 16.7 Å². The van der Waals surface area contributed by atoms with Gasteiger partial charge in [0.05, 0.1) is 0 Å². The molecule has 0 radical (unpaired) electrons. The molecule has 2 heterocycles. The van der Waals surface area contributed by atoms with Crippen molar-refractivity contribution >= 4 is 48.8 Å². The van der Waals surface area contributed by atoms with Crippen molar-refractivity contribution in [3.8, 4) is 5.69 Å². The molecular weight excluding hydrogens is 585 g/mol. The van der Waals surface area contributed by atoms with E-state index in [0.717, 1.165) is 26.3 Å². The number of nitrogens with zero attached hydrogens (tertiary/aromatic N) is 2. The van der Waals surface area contributed by atoms with Crippen LogP contribution in [0.15, 0.2) is 101 Å². The molecule has 6 aromatic rings. The zero-order valence-corrected chi connectivity index (χ0v) is 23.2. The van der Waals surface area contributed by atoms with Crippen molar-refractivity contribution in [2.24, 2.45) is 0 Å². The van der Waals surface area contributed by atoms with Gasteiger partial charge in [-0.2, -0.15) is 0 Å². The van der Waals surface area contributed by atoms with E-state index in [1.54, 1.807) is 12.1 Å². The van der Waals surface area contributed by atoms with Crippen molar-refractivity contribution in [3.05, 3.63) is 134 Å². The number of aryl methyl sites for hydroxylation is 2. The summed E-state index contributed by atoms with van der Waals surface area (Å²) in [6.07, 6.45) is 0. The average Bonchev–Trinajstić information content (AvgIpc) is 3.39. The van der Waals surface area contributed by atoms with Crippen molar-refractivity contribution in [1.29, 1.82) is 0 Å². The fourth-order valence-corrected chi connectivity index (χ4v) is 8.10. The Kier molecular flexibility index (Phi) is 7.08. The van der Waals surface area contributed by atoms with E-state index in [1.807, 2.05) is 61.7 Å². The number of rotatable bonds is 3. The molecule has 0 aliphatic carbocycles. The molecule has 2 aromatic heterocycles. The Morgan fingerprint density at radius 1 is 0.694 bits per heavy atom. The minimum absolute atomic E-state index is 0.0298. The van der Waals surface area contributed by atoms with Crippen LogP contribution in [0.3, 0.4) is 0 Å². The van der Waals surface area contributed by atoms with Crippen LogP contribution in [0.5, 0.6) is 0 Å². The Bertz CT molecular complexity index is 1790. The summed E-state index contributed by atoms with van der Waals surface area (Å²) in [5.74, 6) is -0.250. The molecule has 0 N–H and O–H groups in total. The standard InChI is InChI=1S/C15H13NOSe.C14H10FNOSe/c1-10-7-8-12(9-11(10)2)16-15(17)13-5-3-4-6-14(13)18-16;15-11-7-5-10(6-8-11)9-16-14(17)12-3-1-2-4-13(12)18-16/h3-9H,1-2H3;1-8H,9H2. The number of halogens is 1. The summed E-state index contributed by atoms with van der Waals surface area (Å²) < 4.78 is 18.9. The Morgan fingerprint density at radius 2 is 1.31 bits per heavy atom. The van der Waals surface area contributed by atoms with Crippen molar-refractivity contribution < 1.29 is 4.39 Å². The van der Waals surface area contributed by atoms with Crippen LogP contribution in [0.25, 0.3) is 25.0 Å². The van der Waals surface area contributed by atoms with Gasteiger partial charge in [-0.3, -0.25) is 0 Å². The van der Waals surface area contributed by atoms with Crippen molar-refractivity contribution in [2.45, 2.75) is 20.4 Å². The summed E-state index contributed by atoms with van der Waals surface area (Å²) >= 11 is 0.0947. The van der Waals surface area contributed by atoms with Crippen LogP contribution < -0.4 is 11.1 Å². The SMILES string of the molecule is Cc1ccc(-n2[se]c3ccccc3c2=O)cc1C.O=c1c2ccccc2[se]n1Cc1ccc(F)cc1. The monoisotopic (exact) mass is 610 g/mol. The second-order valence-electron chi connectivity index (χ2n) is 8.51. The van der Waals surface area contributed by atoms with Crippen LogP contribution in [0.2, 0.25) is 0 Å². The van der Waals surface area contributed by atoms with Gasteiger partial charge >= 0.3 is 221 Å². The van der Waals surface area contributed by atoms with Crippen LogP contribution in [-0.4, -0.2) is 36.6 Å². The summed E-state index contributed by atoms with van der Waals surface area (Å²) in [7, 11) is 0. The van der Waals surface area contributed by atoms with E-state index in [0.29, 0.717) is 6.54 Å². The summed E-state index contributed by atoms with van der Waals surface area (Å²) in [5.41, 5.74) is 4.67. The molecular formula is C29H23FN2O2Se2. The van der Waals surface area contributed by atoms with E-state index in [1.165, 1.54) is 27.5 Å². The van der Waals surface area contributed by atoms with E-state index in [2.05, 4.69) is 26.0 Å². The Morgan fingerprint density at radius 3 is 1.92 bits per heavy atom. The minimum atomic E-state index is -0.250. The fraction of sp³-hybridized carbons (Fsp3) is 0.103. The normalized spacial score (nSPS) is 11.0.